The van der Waals surface area contributed by atoms with Crippen molar-refractivity contribution in [2.45, 2.75) is 62.3 Å². The van der Waals surface area contributed by atoms with Crippen molar-refractivity contribution in [2.75, 3.05) is 20.3 Å². The normalized spacial score (nSPS) is 19.7. The maximum Gasteiger partial charge on any atom is 0.424 e. The Morgan fingerprint density at radius 2 is 1.77 bits per heavy atom. The van der Waals surface area contributed by atoms with Gasteiger partial charge in [0.05, 0.1) is 19.3 Å². The highest BCUT2D eigenvalue weighted by Crippen LogP contribution is 2.48. The number of aliphatic hydroxyl groups is 1. The average Bonchev–Trinajstić information content (AvgIpc) is 3.65. The molecule has 0 bridgehead atoms. The quantitative estimate of drug-likeness (QED) is 0.206. The summed E-state index contributed by atoms with van der Waals surface area (Å²) in [6.45, 7) is 1.95. The molecule has 2 atom stereocenters. The molecule has 0 radical (unpaired) electrons. The molecule has 2 aromatic heterocycles. The molecule has 1 aliphatic heterocycles. The van der Waals surface area contributed by atoms with Crippen molar-refractivity contribution in [3.05, 3.63) is 83.4 Å². The number of amides is 2. The fourth-order valence-electron chi connectivity index (χ4n) is 6.37. The van der Waals surface area contributed by atoms with Gasteiger partial charge in [-0.25, -0.2) is 9.37 Å². The molecule has 2 aromatic carbocycles. The maximum atomic E-state index is 15.0. The summed E-state index contributed by atoms with van der Waals surface area (Å²) in [5.41, 5.74) is -5.95. The van der Waals surface area contributed by atoms with Crippen LogP contribution in [0.3, 0.4) is 0 Å². The van der Waals surface area contributed by atoms with E-state index in [1.54, 1.807) is 19.1 Å². The zero-order valence-electron chi connectivity index (χ0n) is 26.5. The fourth-order valence-corrected chi connectivity index (χ4v) is 6.37. The molecule has 2 amide bonds. The van der Waals surface area contributed by atoms with Crippen molar-refractivity contribution in [3.63, 3.8) is 0 Å². The molecule has 6 rings (SSSR count). The lowest BCUT2D eigenvalue weighted by Crippen LogP contribution is -2.53. The smallest absolute Gasteiger partial charge is 0.424 e. The van der Waals surface area contributed by atoms with Crippen LogP contribution in [0, 0.1) is 5.82 Å². The Bertz CT molecular complexity index is 1890. The molecular weight excluding hydrogens is 632 g/mol. The number of nitrogens with zero attached hydrogens (tertiary/aromatic N) is 2. The SMILES string of the molecule is COc1cc(C(=O)NC[C@](O)(c2cc3c(c(-c4ccc(F)cc4)n2)OC[C@]3(C)C(=O)NC2(C)CCCC2)C(F)(F)F)cc2cccnc12. The highest BCUT2D eigenvalue weighted by Gasteiger charge is 2.58. The Labute approximate surface area is 273 Å². The second kappa shape index (κ2) is 12.0. The fraction of sp³-hybridized carbons (Fsp3) is 0.371. The first-order valence-corrected chi connectivity index (χ1v) is 15.4. The van der Waals surface area contributed by atoms with Gasteiger partial charge in [-0.1, -0.05) is 18.9 Å². The van der Waals surface area contributed by atoms with Crippen LogP contribution in [0.15, 0.2) is 60.8 Å². The van der Waals surface area contributed by atoms with E-state index in [2.05, 4.69) is 20.6 Å². The number of aromatic nitrogens is 2. The molecular formula is C35H34F4N4O5. The van der Waals surface area contributed by atoms with Crippen molar-refractivity contribution in [1.29, 1.82) is 0 Å². The van der Waals surface area contributed by atoms with Gasteiger partial charge in [0.2, 0.25) is 11.5 Å². The van der Waals surface area contributed by atoms with E-state index in [1.807, 2.05) is 6.92 Å². The number of hydrogen-bond donors (Lipinski definition) is 3. The molecule has 9 nitrogen and oxygen atoms in total. The van der Waals surface area contributed by atoms with Crippen LogP contribution in [0.5, 0.6) is 11.5 Å². The van der Waals surface area contributed by atoms with Gasteiger partial charge in [-0.15, -0.1) is 0 Å². The predicted octanol–water partition coefficient (Wildman–Crippen LogP) is 5.72. The number of fused-ring (bicyclic) bond motifs is 2. The summed E-state index contributed by atoms with van der Waals surface area (Å²) < 4.78 is 70.0. The van der Waals surface area contributed by atoms with Crippen LogP contribution in [0.1, 0.15) is 61.1 Å². The number of methoxy groups -OCH3 is 1. The number of carbonyl (C=O) groups excluding carboxylic acids is 2. The van der Waals surface area contributed by atoms with Crippen LogP contribution in [0.25, 0.3) is 22.2 Å². The lowest BCUT2D eigenvalue weighted by molar-refractivity contribution is -0.265. The van der Waals surface area contributed by atoms with Crippen molar-refractivity contribution >= 4 is 22.7 Å². The second-order valence-corrected chi connectivity index (χ2v) is 12.9. The summed E-state index contributed by atoms with van der Waals surface area (Å²) in [7, 11) is 1.37. The van der Waals surface area contributed by atoms with Gasteiger partial charge >= 0.3 is 6.18 Å². The molecule has 1 fully saturated rings. The lowest BCUT2D eigenvalue weighted by Gasteiger charge is -2.33. The average molecular weight is 667 g/mol. The van der Waals surface area contributed by atoms with E-state index >= 15 is 0 Å². The van der Waals surface area contributed by atoms with Crippen molar-refractivity contribution < 1.29 is 41.7 Å². The van der Waals surface area contributed by atoms with Crippen LogP contribution in [-0.4, -0.2) is 58.9 Å². The van der Waals surface area contributed by atoms with E-state index in [0.717, 1.165) is 43.9 Å². The highest BCUT2D eigenvalue weighted by atomic mass is 19.4. The molecule has 3 N–H and O–H groups in total. The van der Waals surface area contributed by atoms with Gasteiger partial charge < -0.3 is 25.2 Å². The number of halogens is 4. The van der Waals surface area contributed by atoms with E-state index in [-0.39, 0.29) is 40.5 Å². The first-order valence-electron chi connectivity index (χ1n) is 15.4. The monoisotopic (exact) mass is 666 g/mol. The van der Waals surface area contributed by atoms with E-state index in [9.17, 15) is 32.3 Å². The zero-order chi connectivity index (χ0) is 34.5. The van der Waals surface area contributed by atoms with Gasteiger partial charge in [0.15, 0.2) is 0 Å². The summed E-state index contributed by atoms with van der Waals surface area (Å²) in [5, 5.41) is 17.3. The molecule has 13 heteroatoms. The summed E-state index contributed by atoms with van der Waals surface area (Å²) in [6, 6.07) is 12.0. The second-order valence-electron chi connectivity index (χ2n) is 12.9. The van der Waals surface area contributed by atoms with Gasteiger partial charge in [-0.05, 0) is 75.2 Å². The Morgan fingerprint density at radius 3 is 2.44 bits per heavy atom. The number of hydrogen-bond acceptors (Lipinski definition) is 7. The van der Waals surface area contributed by atoms with Crippen LogP contribution in [0.2, 0.25) is 0 Å². The Morgan fingerprint density at radius 1 is 1.06 bits per heavy atom. The minimum absolute atomic E-state index is 0.0242. The van der Waals surface area contributed by atoms with E-state index < -0.39 is 52.6 Å². The number of benzene rings is 2. The molecule has 252 valence electrons. The van der Waals surface area contributed by atoms with Crippen molar-refractivity contribution in [3.8, 4) is 22.8 Å². The molecule has 0 saturated heterocycles. The molecule has 4 aromatic rings. The zero-order valence-corrected chi connectivity index (χ0v) is 26.5. The van der Waals surface area contributed by atoms with E-state index in [4.69, 9.17) is 9.47 Å². The van der Waals surface area contributed by atoms with Gasteiger partial charge in [0, 0.05) is 33.8 Å². The molecule has 3 heterocycles. The molecule has 48 heavy (non-hydrogen) atoms. The van der Waals surface area contributed by atoms with Crippen LogP contribution < -0.4 is 20.1 Å². The first-order chi connectivity index (χ1) is 22.7. The summed E-state index contributed by atoms with van der Waals surface area (Å²) in [4.78, 5) is 35.5. The number of alkyl halides is 3. The lowest BCUT2D eigenvalue weighted by atomic mass is 9.80. The van der Waals surface area contributed by atoms with Crippen LogP contribution in [0.4, 0.5) is 17.6 Å². The summed E-state index contributed by atoms with van der Waals surface area (Å²) >= 11 is 0. The Balaban J connectivity index is 1.42. The highest BCUT2D eigenvalue weighted by molar-refractivity contribution is 6.00. The number of pyridine rings is 2. The van der Waals surface area contributed by atoms with Crippen molar-refractivity contribution in [1.82, 2.24) is 20.6 Å². The van der Waals surface area contributed by atoms with E-state index in [1.165, 1.54) is 37.6 Å². The molecule has 1 saturated carbocycles. The number of ether oxygens (including phenoxy) is 2. The first kappa shape index (κ1) is 33.1. The number of nitrogens with one attached hydrogen (secondary N) is 2. The third-order valence-electron chi connectivity index (χ3n) is 9.36. The van der Waals surface area contributed by atoms with Gasteiger partial charge in [0.25, 0.3) is 5.91 Å². The number of rotatable bonds is 8. The minimum atomic E-state index is -5.35. The third kappa shape index (κ3) is 5.80. The summed E-state index contributed by atoms with van der Waals surface area (Å²) in [5.74, 6) is -1.67. The topological polar surface area (TPSA) is 123 Å². The summed E-state index contributed by atoms with van der Waals surface area (Å²) in [6.07, 6.45) is -0.460. The predicted molar refractivity (Wildman–Crippen MR) is 168 cm³/mol. The van der Waals surface area contributed by atoms with Crippen LogP contribution in [-0.2, 0) is 15.8 Å². The standard InChI is InChI=1S/C35H34F4N4O5/c1-32(12-4-5-13-32)43-31(45)33(2)19-48-29-24(33)17-26(42-28(29)20-8-10-23(36)11-9-20)34(46,35(37,38)39)18-41-30(44)22-15-21-7-6-14-40-27(21)25(16-22)47-3/h6-11,14-17,46H,4-5,12-13,18-19H2,1-3H3,(H,41,44)(H,43,45)/t33-,34-/m0/s1. The molecule has 0 spiro atoms. The van der Waals surface area contributed by atoms with Crippen molar-refractivity contribution in [2.24, 2.45) is 0 Å². The van der Waals surface area contributed by atoms with Crippen LogP contribution >= 0.6 is 0 Å². The van der Waals surface area contributed by atoms with Gasteiger partial charge in [0.1, 0.15) is 40.5 Å². The maximum absolute atomic E-state index is 15.0. The Hall–Kier alpha value is -4.78. The van der Waals surface area contributed by atoms with Gasteiger partial charge in [-0.3, -0.25) is 14.6 Å². The number of carbonyl (C=O) groups is 2. The largest absolute Gasteiger partial charge is 0.494 e. The third-order valence-corrected chi connectivity index (χ3v) is 9.36. The van der Waals surface area contributed by atoms with E-state index in [0.29, 0.717) is 10.9 Å². The molecule has 0 unspecified atom stereocenters. The molecule has 2 aliphatic rings. The van der Waals surface area contributed by atoms with Gasteiger partial charge in [-0.2, -0.15) is 13.2 Å². The molecule has 1 aliphatic carbocycles. The Kier molecular flexibility index (Phi) is 8.30. The minimum Gasteiger partial charge on any atom is -0.494 e.